The van der Waals surface area contributed by atoms with Crippen LogP contribution in [0.2, 0.25) is 0 Å². The molecule has 0 amide bonds. The lowest BCUT2D eigenvalue weighted by atomic mass is 10.2. The second kappa shape index (κ2) is 9.00. The predicted molar refractivity (Wildman–Crippen MR) is 56.4 cm³/mol. The molecular formula is C11H22O3. The van der Waals surface area contributed by atoms with E-state index in [0.717, 1.165) is 6.42 Å². The number of ether oxygens (including phenoxy) is 1. The van der Waals surface area contributed by atoms with Gasteiger partial charge < -0.3 is 9.84 Å². The molecule has 84 valence electrons. The van der Waals surface area contributed by atoms with Crippen molar-refractivity contribution in [3.05, 3.63) is 0 Å². The minimum atomic E-state index is -0.781. The maximum atomic E-state index is 10.4. The van der Waals surface area contributed by atoms with E-state index in [1.807, 2.05) is 0 Å². The van der Waals surface area contributed by atoms with Crippen LogP contribution in [0.5, 0.6) is 0 Å². The molecule has 0 fully saturated rings. The van der Waals surface area contributed by atoms with Crippen molar-refractivity contribution in [3.63, 3.8) is 0 Å². The molecule has 0 aliphatic carbocycles. The highest BCUT2D eigenvalue weighted by atomic mass is 16.5. The standard InChI is InChI=1S/C11H22O3/c1-3-4-5-6-7-8-14-9-10(2)11(12)13/h10H,3-9H2,1-2H3,(H,12,13). The quantitative estimate of drug-likeness (QED) is 0.585. The Morgan fingerprint density at radius 3 is 2.50 bits per heavy atom. The van der Waals surface area contributed by atoms with Crippen LogP contribution in [0.4, 0.5) is 0 Å². The maximum Gasteiger partial charge on any atom is 0.308 e. The van der Waals surface area contributed by atoms with E-state index in [4.69, 9.17) is 9.84 Å². The predicted octanol–water partition coefficient (Wildman–Crippen LogP) is 2.69. The lowest BCUT2D eigenvalue weighted by Gasteiger charge is -2.07. The smallest absolute Gasteiger partial charge is 0.308 e. The van der Waals surface area contributed by atoms with Crippen LogP contribution in [0.15, 0.2) is 0 Å². The highest BCUT2D eigenvalue weighted by Crippen LogP contribution is 2.03. The number of carboxylic acids is 1. The Labute approximate surface area is 86.5 Å². The molecule has 0 aliphatic rings. The Morgan fingerprint density at radius 1 is 1.29 bits per heavy atom. The largest absolute Gasteiger partial charge is 0.481 e. The lowest BCUT2D eigenvalue weighted by Crippen LogP contribution is -2.16. The zero-order valence-corrected chi connectivity index (χ0v) is 9.29. The molecule has 0 aliphatic heterocycles. The van der Waals surface area contributed by atoms with Gasteiger partial charge in [-0.05, 0) is 13.3 Å². The van der Waals surface area contributed by atoms with Crippen molar-refractivity contribution in [2.24, 2.45) is 5.92 Å². The van der Waals surface area contributed by atoms with Gasteiger partial charge in [-0.25, -0.2) is 0 Å². The van der Waals surface area contributed by atoms with Gasteiger partial charge in [-0.3, -0.25) is 4.79 Å². The van der Waals surface area contributed by atoms with Gasteiger partial charge in [0, 0.05) is 6.61 Å². The van der Waals surface area contributed by atoms with Gasteiger partial charge in [0.15, 0.2) is 0 Å². The highest BCUT2D eigenvalue weighted by molar-refractivity contribution is 5.69. The van der Waals surface area contributed by atoms with Crippen LogP contribution in [-0.2, 0) is 9.53 Å². The van der Waals surface area contributed by atoms with Crippen molar-refractivity contribution in [1.82, 2.24) is 0 Å². The van der Waals surface area contributed by atoms with E-state index in [1.54, 1.807) is 6.92 Å². The summed E-state index contributed by atoms with van der Waals surface area (Å²) in [6, 6.07) is 0. The molecule has 0 saturated carbocycles. The minimum Gasteiger partial charge on any atom is -0.481 e. The molecular weight excluding hydrogens is 180 g/mol. The fourth-order valence-corrected chi connectivity index (χ4v) is 1.14. The Bertz CT molecular complexity index is 145. The molecule has 14 heavy (non-hydrogen) atoms. The first kappa shape index (κ1) is 13.4. The molecule has 0 radical (unpaired) electrons. The normalized spacial score (nSPS) is 12.7. The second-order valence-corrected chi connectivity index (χ2v) is 3.73. The zero-order chi connectivity index (χ0) is 10.8. The van der Waals surface area contributed by atoms with Gasteiger partial charge in [-0.1, -0.05) is 32.6 Å². The average Bonchev–Trinajstić information content (AvgIpc) is 2.16. The first-order chi connectivity index (χ1) is 6.68. The van der Waals surface area contributed by atoms with Gasteiger partial charge in [-0.15, -0.1) is 0 Å². The van der Waals surface area contributed by atoms with Crippen LogP contribution in [0.3, 0.4) is 0 Å². The van der Waals surface area contributed by atoms with E-state index in [-0.39, 0.29) is 5.92 Å². The summed E-state index contributed by atoms with van der Waals surface area (Å²) in [4.78, 5) is 10.4. The Balaban J connectivity index is 3.09. The van der Waals surface area contributed by atoms with Gasteiger partial charge in [0.25, 0.3) is 0 Å². The molecule has 0 rings (SSSR count). The van der Waals surface area contributed by atoms with Gasteiger partial charge in [0.2, 0.25) is 0 Å². The highest BCUT2D eigenvalue weighted by Gasteiger charge is 2.09. The van der Waals surface area contributed by atoms with Crippen LogP contribution < -0.4 is 0 Å². The molecule has 1 unspecified atom stereocenters. The van der Waals surface area contributed by atoms with Gasteiger partial charge in [0.1, 0.15) is 0 Å². The third-order valence-electron chi connectivity index (χ3n) is 2.18. The van der Waals surface area contributed by atoms with Gasteiger partial charge >= 0.3 is 5.97 Å². The van der Waals surface area contributed by atoms with Crippen LogP contribution in [-0.4, -0.2) is 24.3 Å². The van der Waals surface area contributed by atoms with Crippen LogP contribution in [0.1, 0.15) is 46.0 Å². The Hall–Kier alpha value is -0.570. The summed E-state index contributed by atoms with van der Waals surface area (Å²) in [5.74, 6) is -1.17. The van der Waals surface area contributed by atoms with Crippen LogP contribution in [0.25, 0.3) is 0 Å². The summed E-state index contributed by atoms with van der Waals surface area (Å²) >= 11 is 0. The zero-order valence-electron chi connectivity index (χ0n) is 9.29. The summed E-state index contributed by atoms with van der Waals surface area (Å²) in [6.45, 7) is 4.88. The SMILES string of the molecule is CCCCCCCOCC(C)C(=O)O. The fraction of sp³-hybridized carbons (Fsp3) is 0.909. The van der Waals surface area contributed by atoms with Crippen molar-refractivity contribution >= 4 is 5.97 Å². The number of unbranched alkanes of at least 4 members (excludes halogenated alkanes) is 4. The van der Waals surface area contributed by atoms with Crippen molar-refractivity contribution in [2.75, 3.05) is 13.2 Å². The van der Waals surface area contributed by atoms with E-state index in [9.17, 15) is 4.79 Å². The number of hydrogen-bond donors (Lipinski definition) is 1. The van der Waals surface area contributed by atoms with E-state index in [0.29, 0.717) is 13.2 Å². The number of rotatable bonds is 9. The molecule has 0 aromatic heterocycles. The summed E-state index contributed by atoms with van der Waals surface area (Å²) in [5.41, 5.74) is 0. The van der Waals surface area contributed by atoms with Gasteiger partial charge in [0.05, 0.1) is 12.5 Å². The van der Waals surface area contributed by atoms with Crippen LogP contribution in [0, 0.1) is 5.92 Å². The second-order valence-electron chi connectivity index (χ2n) is 3.73. The molecule has 3 nitrogen and oxygen atoms in total. The summed E-state index contributed by atoms with van der Waals surface area (Å²) in [7, 11) is 0. The number of carboxylic acid groups (broad SMARTS) is 1. The minimum absolute atomic E-state index is 0.336. The number of carbonyl (C=O) groups is 1. The lowest BCUT2D eigenvalue weighted by molar-refractivity contribution is -0.143. The summed E-state index contributed by atoms with van der Waals surface area (Å²) in [5, 5.41) is 8.57. The Kier molecular flexibility index (Phi) is 8.64. The molecule has 0 aromatic rings. The molecule has 0 heterocycles. The molecule has 0 saturated heterocycles. The van der Waals surface area contributed by atoms with Crippen molar-refractivity contribution in [3.8, 4) is 0 Å². The van der Waals surface area contributed by atoms with E-state index in [1.165, 1.54) is 25.7 Å². The van der Waals surface area contributed by atoms with Crippen molar-refractivity contribution in [2.45, 2.75) is 46.0 Å². The molecule has 3 heteroatoms. The fourth-order valence-electron chi connectivity index (χ4n) is 1.14. The van der Waals surface area contributed by atoms with E-state index in [2.05, 4.69) is 6.92 Å². The van der Waals surface area contributed by atoms with E-state index < -0.39 is 5.97 Å². The van der Waals surface area contributed by atoms with Crippen LogP contribution >= 0.6 is 0 Å². The maximum absolute atomic E-state index is 10.4. The van der Waals surface area contributed by atoms with Gasteiger partial charge in [-0.2, -0.15) is 0 Å². The first-order valence-electron chi connectivity index (χ1n) is 5.49. The number of hydrogen-bond acceptors (Lipinski definition) is 2. The molecule has 0 aromatic carbocycles. The Morgan fingerprint density at radius 2 is 1.93 bits per heavy atom. The molecule has 1 atom stereocenters. The number of aliphatic carboxylic acids is 1. The third kappa shape index (κ3) is 8.05. The summed E-state index contributed by atoms with van der Waals surface area (Å²) in [6.07, 6.45) is 6.03. The average molecular weight is 202 g/mol. The first-order valence-corrected chi connectivity index (χ1v) is 5.49. The monoisotopic (exact) mass is 202 g/mol. The van der Waals surface area contributed by atoms with E-state index >= 15 is 0 Å². The molecule has 0 bridgehead atoms. The van der Waals surface area contributed by atoms with Crippen molar-refractivity contribution in [1.29, 1.82) is 0 Å². The summed E-state index contributed by atoms with van der Waals surface area (Å²) < 4.78 is 5.26. The van der Waals surface area contributed by atoms with Crippen molar-refractivity contribution < 1.29 is 14.6 Å². The third-order valence-corrected chi connectivity index (χ3v) is 2.18. The topological polar surface area (TPSA) is 46.5 Å². The molecule has 1 N–H and O–H groups in total. The molecule has 0 spiro atoms.